The summed E-state index contributed by atoms with van der Waals surface area (Å²) in [4.78, 5) is 29.3. The van der Waals surface area contributed by atoms with E-state index in [1.165, 1.54) is 0 Å². The molecule has 0 aliphatic carbocycles. The summed E-state index contributed by atoms with van der Waals surface area (Å²) >= 11 is 1.61. The Labute approximate surface area is 93.6 Å². The van der Waals surface area contributed by atoms with Crippen LogP contribution in [-0.4, -0.2) is 37.3 Å². The fourth-order valence-electron chi connectivity index (χ4n) is 1.50. The second-order valence-corrected chi connectivity index (χ2v) is 4.35. The fraction of sp³-hybridized carbons (Fsp3) is 0.250. The van der Waals surface area contributed by atoms with Crippen LogP contribution in [0, 0.1) is 0 Å². The lowest BCUT2D eigenvalue weighted by Gasteiger charge is -1.90. The quantitative estimate of drug-likeness (QED) is 0.630. The number of imidazole rings is 1. The molecule has 0 saturated carbocycles. The molecule has 0 amide bonds. The number of nitrogens with zero attached hydrogens (tertiary/aromatic N) is 3. The van der Waals surface area contributed by atoms with Gasteiger partial charge in [0.1, 0.15) is 5.04 Å². The van der Waals surface area contributed by atoms with E-state index in [4.69, 9.17) is 5.73 Å². The summed E-state index contributed by atoms with van der Waals surface area (Å²) in [5, 5.41) is 0.816. The number of aromatic amines is 2. The number of rotatable bonds is 1. The highest BCUT2D eigenvalue weighted by Gasteiger charge is 2.16. The standard InChI is InChI=1S/C8H8N6OS/c9-8-13-4-3(6(15)14-8)11-5(12-4)7-10-1-2-16-7/h1-2H2,(H4,9,11,12,13,14,15). The van der Waals surface area contributed by atoms with Crippen LogP contribution in [0.2, 0.25) is 0 Å². The molecule has 0 spiro atoms. The first-order valence-electron chi connectivity index (χ1n) is 4.67. The highest BCUT2D eigenvalue weighted by atomic mass is 32.2. The molecule has 3 rings (SSSR count). The van der Waals surface area contributed by atoms with Crippen LogP contribution in [0.4, 0.5) is 5.95 Å². The van der Waals surface area contributed by atoms with E-state index in [2.05, 4.69) is 24.9 Å². The zero-order valence-corrected chi connectivity index (χ0v) is 8.97. The zero-order valence-electron chi connectivity index (χ0n) is 8.15. The van der Waals surface area contributed by atoms with Crippen LogP contribution in [0.5, 0.6) is 0 Å². The number of nitrogens with one attached hydrogen (secondary N) is 2. The fourth-order valence-corrected chi connectivity index (χ4v) is 2.30. The highest BCUT2D eigenvalue weighted by Crippen LogP contribution is 2.18. The van der Waals surface area contributed by atoms with Gasteiger partial charge in [0.05, 0.1) is 0 Å². The molecule has 4 N–H and O–H groups in total. The molecule has 2 aromatic rings. The van der Waals surface area contributed by atoms with Gasteiger partial charge in [0.25, 0.3) is 5.56 Å². The summed E-state index contributed by atoms with van der Waals surface area (Å²) in [5.74, 6) is 1.59. The predicted octanol–water partition coefficient (Wildman–Crippen LogP) is -0.278. The van der Waals surface area contributed by atoms with Crippen molar-refractivity contribution in [1.82, 2.24) is 19.9 Å². The van der Waals surface area contributed by atoms with E-state index in [0.717, 1.165) is 17.3 Å². The average Bonchev–Trinajstić information content (AvgIpc) is 2.82. The lowest BCUT2D eigenvalue weighted by molar-refractivity contribution is 1.16. The van der Waals surface area contributed by atoms with Crippen LogP contribution < -0.4 is 11.3 Å². The number of aliphatic imine (C=N–C) groups is 1. The molecule has 0 saturated heterocycles. The summed E-state index contributed by atoms with van der Waals surface area (Å²) in [5.41, 5.74) is 5.77. The average molecular weight is 236 g/mol. The largest absolute Gasteiger partial charge is 0.369 e. The number of hydrogen-bond donors (Lipinski definition) is 3. The molecule has 0 fully saturated rings. The maximum absolute atomic E-state index is 11.5. The van der Waals surface area contributed by atoms with Crippen molar-refractivity contribution < 1.29 is 0 Å². The van der Waals surface area contributed by atoms with Gasteiger partial charge < -0.3 is 10.7 Å². The lowest BCUT2D eigenvalue weighted by Crippen LogP contribution is -2.10. The molecule has 0 atom stereocenters. The van der Waals surface area contributed by atoms with Crippen molar-refractivity contribution >= 4 is 33.9 Å². The number of fused-ring (bicyclic) bond motifs is 1. The van der Waals surface area contributed by atoms with Crippen LogP contribution in [0.3, 0.4) is 0 Å². The summed E-state index contributed by atoms with van der Waals surface area (Å²) in [7, 11) is 0. The van der Waals surface area contributed by atoms with Gasteiger partial charge in [-0.15, -0.1) is 11.8 Å². The van der Waals surface area contributed by atoms with Gasteiger partial charge >= 0.3 is 0 Å². The van der Waals surface area contributed by atoms with E-state index in [1.54, 1.807) is 11.8 Å². The van der Waals surface area contributed by atoms with Gasteiger partial charge in [-0.1, -0.05) is 0 Å². The molecule has 7 nitrogen and oxygen atoms in total. The number of nitrogen functional groups attached to an aromatic ring is 1. The normalized spacial score (nSPS) is 15.6. The first-order chi connectivity index (χ1) is 7.74. The van der Waals surface area contributed by atoms with Gasteiger partial charge in [-0.2, -0.15) is 4.98 Å². The van der Waals surface area contributed by atoms with E-state index < -0.39 is 0 Å². The highest BCUT2D eigenvalue weighted by molar-refractivity contribution is 8.14. The number of H-pyrrole nitrogens is 2. The van der Waals surface area contributed by atoms with E-state index in [9.17, 15) is 4.79 Å². The Bertz CT molecular complexity index is 642. The number of thioether (sulfide) groups is 1. The van der Waals surface area contributed by atoms with Crippen molar-refractivity contribution in [2.75, 3.05) is 18.0 Å². The van der Waals surface area contributed by atoms with Crippen LogP contribution in [0.25, 0.3) is 11.2 Å². The SMILES string of the molecule is Nc1nc2nc(C3=NCCS3)[nH]c2c(=O)[nH]1. The number of anilines is 1. The second kappa shape index (κ2) is 3.34. The second-order valence-electron chi connectivity index (χ2n) is 3.27. The molecule has 82 valence electrons. The van der Waals surface area contributed by atoms with Crippen molar-refractivity contribution in [3.05, 3.63) is 16.2 Å². The molecule has 8 heteroatoms. The first kappa shape index (κ1) is 9.40. The van der Waals surface area contributed by atoms with Crippen molar-refractivity contribution in [1.29, 1.82) is 0 Å². The predicted molar refractivity (Wildman–Crippen MR) is 62.8 cm³/mol. The van der Waals surface area contributed by atoms with Gasteiger partial charge in [-0.05, 0) is 0 Å². The Morgan fingerprint density at radius 1 is 1.31 bits per heavy atom. The van der Waals surface area contributed by atoms with Crippen molar-refractivity contribution in [3.63, 3.8) is 0 Å². The smallest absolute Gasteiger partial charge is 0.278 e. The third-order valence-electron chi connectivity index (χ3n) is 2.17. The van der Waals surface area contributed by atoms with Crippen molar-refractivity contribution in [3.8, 4) is 0 Å². The molecule has 1 aliphatic rings. The molecular formula is C8H8N6OS. The van der Waals surface area contributed by atoms with Crippen LogP contribution >= 0.6 is 11.8 Å². The minimum Gasteiger partial charge on any atom is -0.369 e. The lowest BCUT2D eigenvalue weighted by atomic mass is 10.5. The van der Waals surface area contributed by atoms with E-state index in [0.29, 0.717) is 17.0 Å². The molecule has 0 bridgehead atoms. The van der Waals surface area contributed by atoms with Gasteiger partial charge in [-0.3, -0.25) is 14.8 Å². The monoisotopic (exact) mass is 236 g/mol. The molecule has 1 aliphatic heterocycles. The molecule has 0 aromatic carbocycles. The Morgan fingerprint density at radius 3 is 2.94 bits per heavy atom. The van der Waals surface area contributed by atoms with E-state index >= 15 is 0 Å². The van der Waals surface area contributed by atoms with Crippen LogP contribution in [0.15, 0.2) is 9.79 Å². The summed E-state index contributed by atoms with van der Waals surface area (Å²) in [6, 6.07) is 0. The van der Waals surface area contributed by atoms with Crippen molar-refractivity contribution in [2.45, 2.75) is 0 Å². The van der Waals surface area contributed by atoms with Gasteiger partial charge in [0.15, 0.2) is 17.0 Å². The van der Waals surface area contributed by atoms with Gasteiger partial charge in [-0.25, -0.2) is 4.98 Å². The Morgan fingerprint density at radius 2 is 2.19 bits per heavy atom. The summed E-state index contributed by atoms with van der Waals surface area (Å²) < 4.78 is 0. The first-order valence-corrected chi connectivity index (χ1v) is 5.66. The third-order valence-corrected chi connectivity index (χ3v) is 3.15. The third kappa shape index (κ3) is 1.38. The summed E-state index contributed by atoms with van der Waals surface area (Å²) in [6.45, 7) is 0.781. The number of nitrogens with two attached hydrogens (primary N) is 1. The molecular weight excluding hydrogens is 228 g/mol. The topological polar surface area (TPSA) is 113 Å². The zero-order chi connectivity index (χ0) is 11.1. The Kier molecular flexibility index (Phi) is 1.96. The molecule has 3 heterocycles. The minimum atomic E-state index is -0.315. The molecule has 0 radical (unpaired) electrons. The van der Waals surface area contributed by atoms with Crippen LogP contribution in [-0.2, 0) is 0 Å². The van der Waals surface area contributed by atoms with Gasteiger partial charge in [0.2, 0.25) is 5.95 Å². The maximum atomic E-state index is 11.5. The minimum absolute atomic E-state index is 0.0663. The maximum Gasteiger partial charge on any atom is 0.278 e. The number of aromatic nitrogens is 4. The summed E-state index contributed by atoms with van der Waals surface area (Å²) in [6.07, 6.45) is 0. The molecule has 0 unspecified atom stereocenters. The van der Waals surface area contributed by atoms with E-state index in [1.807, 2.05) is 0 Å². The van der Waals surface area contributed by atoms with E-state index in [-0.39, 0.29) is 11.5 Å². The van der Waals surface area contributed by atoms with Crippen molar-refractivity contribution in [2.24, 2.45) is 4.99 Å². The Hall–Kier alpha value is -1.83. The molecule has 16 heavy (non-hydrogen) atoms. The van der Waals surface area contributed by atoms with Crippen LogP contribution in [0.1, 0.15) is 5.82 Å². The molecule has 2 aromatic heterocycles. The number of hydrogen-bond acceptors (Lipinski definition) is 6. The Balaban J connectivity index is 2.23. The van der Waals surface area contributed by atoms with Gasteiger partial charge in [0, 0.05) is 12.3 Å².